The van der Waals surface area contributed by atoms with Gasteiger partial charge < -0.3 is 10.2 Å². The van der Waals surface area contributed by atoms with Crippen molar-refractivity contribution in [3.63, 3.8) is 0 Å². The van der Waals surface area contributed by atoms with E-state index in [1.165, 1.54) is 50.3 Å². The molecule has 0 saturated carbocycles. The normalized spacial score (nSPS) is 15.3. The number of anilines is 4. The molecular weight excluding hydrogens is 486 g/mol. The molecule has 0 fully saturated rings. The van der Waals surface area contributed by atoms with E-state index in [2.05, 4.69) is 139 Å². The van der Waals surface area contributed by atoms with E-state index in [0.717, 1.165) is 29.2 Å². The standard InChI is InChI=1S/C37H29N3/c1-37(2)30-14-8-7-13-28(30)32-33(37)36-29(34-35(32)39-23-22-38-34)21-18-26-12-6-9-15-31(26)40(36)27-19-16-25(17-20-27)24-10-4-3-5-11-24/h3-22,39H,23H2,1-2H3. The second kappa shape index (κ2) is 8.56. The number of fused-ring (bicyclic) bond motifs is 9. The van der Waals surface area contributed by atoms with E-state index in [1.807, 2.05) is 6.21 Å². The summed E-state index contributed by atoms with van der Waals surface area (Å²) in [6.45, 7) is 5.47. The number of hydrogen-bond acceptors (Lipinski definition) is 3. The lowest BCUT2D eigenvalue weighted by molar-refractivity contribution is 0.660. The minimum Gasteiger partial charge on any atom is -0.378 e. The Morgan fingerprint density at radius 2 is 1.48 bits per heavy atom. The summed E-state index contributed by atoms with van der Waals surface area (Å²) in [5.74, 6) is 0. The number of benzene rings is 5. The molecule has 0 saturated heterocycles. The third-order valence-corrected chi connectivity index (χ3v) is 8.63. The zero-order chi connectivity index (χ0) is 26.8. The maximum atomic E-state index is 5.03. The SMILES string of the molecule is CC1(C)c2ccccc2-c2c3c(c4c(c21)N(c1ccc(-c2ccccc2)cc1)c1ccccc1C=C4)N=CCN3. The topological polar surface area (TPSA) is 27.6 Å². The summed E-state index contributed by atoms with van der Waals surface area (Å²) in [4.78, 5) is 7.49. The maximum Gasteiger partial charge on any atom is 0.0957 e. The lowest BCUT2D eigenvalue weighted by Gasteiger charge is -2.35. The fraction of sp³-hybridized carbons (Fsp3) is 0.108. The van der Waals surface area contributed by atoms with Gasteiger partial charge in [0.05, 0.1) is 29.3 Å². The van der Waals surface area contributed by atoms with Gasteiger partial charge in [0.15, 0.2) is 0 Å². The zero-order valence-electron chi connectivity index (χ0n) is 22.6. The van der Waals surface area contributed by atoms with Crippen molar-refractivity contribution in [2.45, 2.75) is 19.3 Å². The summed E-state index contributed by atoms with van der Waals surface area (Å²) < 4.78 is 0. The average Bonchev–Trinajstić information content (AvgIpc) is 3.13. The molecule has 8 rings (SSSR count). The Labute approximate surface area is 235 Å². The van der Waals surface area contributed by atoms with Crippen LogP contribution < -0.4 is 10.2 Å². The van der Waals surface area contributed by atoms with Crippen molar-refractivity contribution >= 4 is 46.8 Å². The van der Waals surface area contributed by atoms with Crippen LogP contribution >= 0.6 is 0 Å². The quantitative estimate of drug-likeness (QED) is 0.248. The third-order valence-electron chi connectivity index (χ3n) is 8.63. The van der Waals surface area contributed by atoms with Gasteiger partial charge in [-0.3, -0.25) is 4.99 Å². The summed E-state index contributed by atoms with van der Waals surface area (Å²) in [6.07, 6.45) is 6.51. The van der Waals surface area contributed by atoms with Gasteiger partial charge in [0.2, 0.25) is 0 Å². The van der Waals surface area contributed by atoms with Crippen LogP contribution in [0.5, 0.6) is 0 Å². The molecule has 1 N–H and O–H groups in total. The first kappa shape index (κ1) is 23.0. The molecule has 0 bridgehead atoms. The molecular formula is C37H29N3. The van der Waals surface area contributed by atoms with Gasteiger partial charge >= 0.3 is 0 Å². The third kappa shape index (κ3) is 3.21. The molecule has 3 nitrogen and oxygen atoms in total. The van der Waals surface area contributed by atoms with Crippen molar-refractivity contribution in [1.82, 2.24) is 0 Å². The molecule has 3 heteroatoms. The summed E-state index contributed by atoms with van der Waals surface area (Å²) in [6, 6.07) is 37.2. The van der Waals surface area contributed by atoms with E-state index in [4.69, 9.17) is 4.99 Å². The summed E-state index contributed by atoms with van der Waals surface area (Å²) in [7, 11) is 0. The second-order valence-electron chi connectivity index (χ2n) is 11.2. The highest BCUT2D eigenvalue weighted by molar-refractivity contribution is 6.09. The number of rotatable bonds is 2. The van der Waals surface area contributed by atoms with Crippen LogP contribution in [0.3, 0.4) is 0 Å². The number of para-hydroxylation sites is 1. The highest BCUT2D eigenvalue weighted by Crippen LogP contribution is 2.62. The molecule has 3 aliphatic rings. The number of nitrogens with zero attached hydrogens (tertiary/aromatic N) is 2. The number of nitrogens with one attached hydrogen (secondary N) is 1. The molecule has 1 aliphatic carbocycles. The van der Waals surface area contributed by atoms with Gasteiger partial charge in [0.1, 0.15) is 0 Å². The van der Waals surface area contributed by atoms with Crippen LogP contribution in [0.2, 0.25) is 0 Å². The molecule has 0 amide bonds. The smallest absolute Gasteiger partial charge is 0.0957 e. The fourth-order valence-electron chi connectivity index (χ4n) is 6.81. The van der Waals surface area contributed by atoms with Gasteiger partial charge in [0, 0.05) is 28.4 Å². The zero-order valence-corrected chi connectivity index (χ0v) is 22.6. The van der Waals surface area contributed by atoms with Crippen molar-refractivity contribution in [2.24, 2.45) is 4.99 Å². The lowest BCUT2D eigenvalue weighted by atomic mass is 9.79. The van der Waals surface area contributed by atoms with E-state index in [1.54, 1.807) is 0 Å². The number of hydrogen-bond donors (Lipinski definition) is 1. The van der Waals surface area contributed by atoms with Crippen LogP contribution in [0.25, 0.3) is 34.4 Å². The molecule has 40 heavy (non-hydrogen) atoms. The first-order valence-corrected chi connectivity index (χ1v) is 14.0. The highest BCUT2D eigenvalue weighted by atomic mass is 15.2. The Kier molecular flexibility index (Phi) is 4.93. The van der Waals surface area contributed by atoms with Crippen LogP contribution in [0.4, 0.5) is 28.4 Å². The van der Waals surface area contributed by atoms with Crippen LogP contribution in [0.15, 0.2) is 108 Å². The molecule has 5 aromatic carbocycles. The molecule has 0 atom stereocenters. The molecule has 0 aromatic heterocycles. The first-order chi connectivity index (χ1) is 19.6. The van der Waals surface area contributed by atoms with Crippen molar-refractivity contribution in [3.05, 3.63) is 125 Å². The van der Waals surface area contributed by atoms with Gasteiger partial charge in [-0.05, 0) is 57.7 Å². The van der Waals surface area contributed by atoms with E-state index >= 15 is 0 Å². The molecule has 0 unspecified atom stereocenters. The van der Waals surface area contributed by atoms with Crippen LogP contribution in [-0.4, -0.2) is 12.8 Å². The van der Waals surface area contributed by atoms with Crippen molar-refractivity contribution < 1.29 is 0 Å². The summed E-state index contributed by atoms with van der Waals surface area (Å²) in [5.41, 5.74) is 15.6. The van der Waals surface area contributed by atoms with E-state index in [9.17, 15) is 0 Å². The molecule has 0 radical (unpaired) electrons. The second-order valence-corrected chi connectivity index (χ2v) is 11.2. The van der Waals surface area contributed by atoms with E-state index in [0.29, 0.717) is 0 Å². The Morgan fingerprint density at radius 1 is 0.750 bits per heavy atom. The minimum atomic E-state index is -0.191. The Hall–Kier alpha value is -4.89. The predicted molar refractivity (Wildman–Crippen MR) is 170 cm³/mol. The first-order valence-electron chi connectivity index (χ1n) is 14.0. The fourth-order valence-corrected chi connectivity index (χ4v) is 6.81. The van der Waals surface area contributed by atoms with Gasteiger partial charge in [-0.2, -0.15) is 0 Å². The molecule has 0 spiro atoms. The summed E-state index contributed by atoms with van der Waals surface area (Å²) in [5, 5.41) is 3.71. The Morgan fingerprint density at radius 3 is 2.33 bits per heavy atom. The molecule has 2 aliphatic heterocycles. The number of aliphatic imine (C=N–C) groups is 1. The monoisotopic (exact) mass is 515 g/mol. The van der Waals surface area contributed by atoms with E-state index < -0.39 is 0 Å². The lowest BCUT2D eigenvalue weighted by Crippen LogP contribution is -2.22. The largest absolute Gasteiger partial charge is 0.378 e. The molecule has 192 valence electrons. The highest BCUT2D eigenvalue weighted by Gasteiger charge is 2.43. The van der Waals surface area contributed by atoms with Gasteiger partial charge in [-0.25, -0.2) is 0 Å². The van der Waals surface area contributed by atoms with E-state index in [-0.39, 0.29) is 5.41 Å². The summed E-state index contributed by atoms with van der Waals surface area (Å²) >= 11 is 0. The maximum absolute atomic E-state index is 5.03. The predicted octanol–water partition coefficient (Wildman–Crippen LogP) is 9.74. The Balaban J connectivity index is 1.46. The van der Waals surface area contributed by atoms with Gasteiger partial charge in [0.25, 0.3) is 0 Å². The van der Waals surface area contributed by atoms with Crippen molar-refractivity contribution in [3.8, 4) is 22.3 Å². The van der Waals surface area contributed by atoms with Crippen LogP contribution in [-0.2, 0) is 5.41 Å². The Bertz CT molecular complexity index is 1860. The van der Waals surface area contributed by atoms with Crippen LogP contribution in [0, 0.1) is 0 Å². The van der Waals surface area contributed by atoms with Gasteiger partial charge in [-0.1, -0.05) is 105 Å². The minimum absolute atomic E-state index is 0.191. The van der Waals surface area contributed by atoms with Gasteiger partial charge in [-0.15, -0.1) is 0 Å². The molecule has 5 aromatic rings. The molecule has 2 heterocycles. The van der Waals surface area contributed by atoms with Crippen molar-refractivity contribution in [1.29, 1.82) is 0 Å². The van der Waals surface area contributed by atoms with Crippen molar-refractivity contribution in [2.75, 3.05) is 16.8 Å². The van der Waals surface area contributed by atoms with Crippen LogP contribution in [0.1, 0.15) is 36.1 Å². The average molecular weight is 516 g/mol.